The molecular formula is C22H13FO4. The summed E-state index contributed by atoms with van der Waals surface area (Å²) in [6.45, 7) is 0. The quantitative estimate of drug-likeness (QED) is 0.387. The fourth-order valence-electron chi connectivity index (χ4n) is 2.70. The molecule has 0 bridgehead atoms. The molecule has 0 saturated carbocycles. The van der Waals surface area contributed by atoms with Crippen molar-refractivity contribution in [3.8, 4) is 11.5 Å². The number of carbonyl (C=O) groups is 2. The number of ketones is 1. The Kier molecular flexibility index (Phi) is 4.26. The number of carbonyl (C=O) groups excluding carboxylic acids is 2. The smallest absolute Gasteiger partial charge is 0.343 e. The number of allylic oxidation sites excluding steroid dienone is 1. The van der Waals surface area contributed by atoms with E-state index in [4.69, 9.17) is 9.47 Å². The van der Waals surface area contributed by atoms with Crippen molar-refractivity contribution in [3.05, 3.63) is 101 Å². The average molecular weight is 360 g/mol. The molecule has 4 rings (SSSR count). The Hall–Kier alpha value is -3.73. The largest absolute Gasteiger partial charge is 0.452 e. The lowest BCUT2D eigenvalue weighted by Crippen LogP contribution is -2.08. The molecule has 0 saturated heterocycles. The second-order valence-electron chi connectivity index (χ2n) is 5.87. The van der Waals surface area contributed by atoms with Crippen LogP contribution in [0.4, 0.5) is 4.39 Å². The minimum Gasteiger partial charge on any atom is -0.452 e. The molecule has 0 spiro atoms. The summed E-state index contributed by atoms with van der Waals surface area (Å²) in [6, 6.07) is 19.2. The molecule has 5 heteroatoms. The molecule has 0 atom stereocenters. The van der Waals surface area contributed by atoms with Crippen molar-refractivity contribution in [2.24, 2.45) is 0 Å². The summed E-state index contributed by atoms with van der Waals surface area (Å²) in [5.41, 5.74) is 0.997. The van der Waals surface area contributed by atoms with Gasteiger partial charge in [0.05, 0.1) is 11.1 Å². The number of fused-ring (bicyclic) bond motifs is 1. The molecule has 4 nitrogen and oxygen atoms in total. The second kappa shape index (κ2) is 6.88. The summed E-state index contributed by atoms with van der Waals surface area (Å²) < 4.78 is 24.7. The number of halogens is 1. The highest BCUT2D eigenvalue weighted by atomic mass is 19.1. The third-order valence-electron chi connectivity index (χ3n) is 4.05. The average Bonchev–Trinajstić information content (AvgIpc) is 2.99. The van der Waals surface area contributed by atoms with E-state index >= 15 is 0 Å². The Balaban J connectivity index is 1.58. The molecular weight excluding hydrogens is 347 g/mol. The highest BCUT2D eigenvalue weighted by Crippen LogP contribution is 2.35. The third-order valence-corrected chi connectivity index (χ3v) is 4.05. The Morgan fingerprint density at radius 3 is 2.48 bits per heavy atom. The van der Waals surface area contributed by atoms with Gasteiger partial charge >= 0.3 is 5.97 Å². The van der Waals surface area contributed by atoms with E-state index in [-0.39, 0.29) is 28.6 Å². The minimum absolute atomic E-state index is 0.0154. The molecule has 27 heavy (non-hydrogen) atoms. The van der Waals surface area contributed by atoms with E-state index in [2.05, 4.69) is 0 Å². The number of benzene rings is 3. The monoisotopic (exact) mass is 360 g/mol. The summed E-state index contributed by atoms with van der Waals surface area (Å²) in [7, 11) is 0. The van der Waals surface area contributed by atoms with E-state index in [1.165, 1.54) is 30.3 Å². The van der Waals surface area contributed by atoms with Gasteiger partial charge in [0.25, 0.3) is 0 Å². The maximum absolute atomic E-state index is 13.8. The molecule has 0 radical (unpaired) electrons. The van der Waals surface area contributed by atoms with Gasteiger partial charge in [0.15, 0.2) is 5.76 Å². The van der Waals surface area contributed by atoms with Crippen LogP contribution in [0.5, 0.6) is 11.5 Å². The maximum Gasteiger partial charge on any atom is 0.343 e. The molecule has 0 amide bonds. The van der Waals surface area contributed by atoms with Crippen molar-refractivity contribution in [1.82, 2.24) is 0 Å². The SMILES string of the molecule is O=C(Oc1ccc2c(c1)OC(=Cc1ccccc1F)C2=O)c1ccccc1. The lowest BCUT2D eigenvalue weighted by molar-refractivity contribution is 0.0734. The van der Waals surface area contributed by atoms with Gasteiger partial charge < -0.3 is 9.47 Å². The molecule has 0 fully saturated rings. The third kappa shape index (κ3) is 3.35. The summed E-state index contributed by atoms with van der Waals surface area (Å²) in [6.07, 6.45) is 1.35. The predicted octanol–water partition coefficient (Wildman–Crippen LogP) is 4.66. The number of ether oxygens (including phenoxy) is 2. The lowest BCUT2D eigenvalue weighted by Gasteiger charge is -2.05. The van der Waals surface area contributed by atoms with Crippen LogP contribution in [0.25, 0.3) is 6.08 Å². The fourth-order valence-corrected chi connectivity index (χ4v) is 2.70. The van der Waals surface area contributed by atoms with Gasteiger partial charge in [-0.05, 0) is 36.4 Å². The van der Waals surface area contributed by atoms with Gasteiger partial charge in [-0.1, -0.05) is 36.4 Å². The van der Waals surface area contributed by atoms with Crippen LogP contribution in [0, 0.1) is 5.82 Å². The Morgan fingerprint density at radius 1 is 0.963 bits per heavy atom. The number of hydrogen-bond acceptors (Lipinski definition) is 4. The van der Waals surface area contributed by atoms with Crippen molar-refractivity contribution in [1.29, 1.82) is 0 Å². The van der Waals surface area contributed by atoms with Crippen LogP contribution in [0.15, 0.2) is 78.6 Å². The summed E-state index contributed by atoms with van der Waals surface area (Å²) in [5.74, 6) is -0.781. The molecule has 0 N–H and O–H groups in total. The molecule has 3 aromatic rings. The number of rotatable bonds is 3. The van der Waals surface area contributed by atoms with E-state index < -0.39 is 11.8 Å². The Bertz CT molecular complexity index is 1070. The molecule has 0 aliphatic carbocycles. The minimum atomic E-state index is -0.512. The first kappa shape index (κ1) is 16.7. The predicted molar refractivity (Wildman–Crippen MR) is 97.2 cm³/mol. The first-order valence-corrected chi connectivity index (χ1v) is 8.22. The highest BCUT2D eigenvalue weighted by molar-refractivity contribution is 6.14. The standard InChI is InChI=1S/C22H13FO4/c23-18-9-5-4-8-15(18)12-20-21(24)17-11-10-16(13-19(17)27-20)26-22(25)14-6-2-1-3-7-14/h1-13H. The molecule has 0 aromatic heterocycles. The number of esters is 1. The zero-order valence-corrected chi connectivity index (χ0v) is 14.0. The first-order valence-electron chi connectivity index (χ1n) is 8.22. The topological polar surface area (TPSA) is 52.6 Å². The van der Waals surface area contributed by atoms with E-state index in [0.717, 1.165) is 0 Å². The van der Waals surface area contributed by atoms with Crippen LogP contribution in [0.3, 0.4) is 0 Å². The molecule has 1 aliphatic heterocycles. The Morgan fingerprint density at radius 2 is 1.70 bits per heavy atom. The van der Waals surface area contributed by atoms with Crippen LogP contribution in [-0.2, 0) is 0 Å². The first-order chi connectivity index (χ1) is 13.1. The van der Waals surface area contributed by atoms with Crippen LogP contribution in [-0.4, -0.2) is 11.8 Å². The number of hydrogen-bond donors (Lipinski definition) is 0. The molecule has 132 valence electrons. The van der Waals surface area contributed by atoms with Gasteiger partial charge in [0.1, 0.15) is 17.3 Å². The zero-order chi connectivity index (χ0) is 18.8. The van der Waals surface area contributed by atoms with Gasteiger partial charge in [0, 0.05) is 11.6 Å². The number of Topliss-reactive ketones (excluding diaryl/α,β-unsaturated/α-hetero) is 1. The van der Waals surface area contributed by atoms with Crippen LogP contribution in [0.2, 0.25) is 0 Å². The molecule has 1 aliphatic rings. The van der Waals surface area contributed by atoms with Gasteiger partial charge in [0.2, 0.25) is 5.78 Å². The van der Waals surface area contributed by atoms with Crippen molar-refractivity contribution in [2.75, 3.05) is 0 Å². The summed E-state index contributed by atoms with van der Waals surface area (Å²) >= 11 is 0. The van der Waals surface area contributed by atoms with Crippen LogP contribution >= 0.6 is 0 Å². The normalized spacial score (nSPS) is 14.0. The van der Waals surface area contributed by atoms with Crippen molar-refractivity contribution >= 4 is 17.8 Å². The van der Waals surface area contributed by atoms with Crippen molar-refractivity contribution < 1.29 is 23.5 Å². The van der Waals surface area contributed by atoms with Gasteiger partial charge in [-0.3, -0.25) is 4.79 Å². The second-order valence-corrected chi connectivity index (χ2v) is 5.87. The highest BCUT2D eigenvalue weighted by Gasteiger charge is 2.28. The Labute approximate surface area is 154 Å². The fraction of sp³-hybridized carbons (Fsp3) is 0. The molecule has 3 aromatic carbocycles. The van der Waals surface area contributed by atoms with Crippen LogP contribution < -0.4 is 9.47 Å². The van der Waals surface area contributed by atoms with E-state index in [1.54, 1.807) is 48.5 Å². The van der Waals surface area contributed by atoms with Crippen LogP contribution in [0.1, 0.15) is 26.3 Å². The summed E-state index contributed by atoms with van der Waals surface area (Å²) in [4.78, 5) is 24.6. The van der Waals surface area contributed by atoms with E-state index in [1.807, 2.05) is 0 Å². The maximum atomic E-state index is 13.8. The molecule has 0 unspecified atom stereocenters. The summed E-state index contributed by atoms with van der Waals surface area (Å²) in [5, 5.41) is 0. The van der Waals surface area contributed by atoms with E-state index in [9.17, 15) is 14.0 Å². The van der Waals surface area contributed by atoms with Crippen molar-refractivity contribution in [3.63, 3.8) is 0 Å². The lowest BCUT2D eigenvalue weighted by atomic mass is 10.1. The zero-order valence-electron chi connectivity index (χ0n) is 14.0. The van der Waals surface area contributed by atoms with Gasteiger partial charge in [-0.25, -0.2) is 9.18 Å². The molecule has 1 heterocycles. The van der Waals surface area contributed by atoms with Gasteiger partial charge in [-0.15, -0.1) is 0 Å². The van der Waals surface area contributed by atoms with E-state index in [0.29, 0.717) is 11.1 Å². The van der Waals surface area contributed by atoms with Crippen molar-refractivity contribution in [2.45, 2.75) is 0 Å². The van der Waals surface area contributed by atoms with Gasteiger partial charge in [-0.2, -0.15) is 0 Å².